The van der Waals surface area contributed by atoms with Crippen molar-refractivity contribution in [2.75, 3.05) is 18.5 Å². The van der Waals surface area contributed by atoms with Crippen LogP contribution in [0.4, 0.5) is 5.00 Å². The van der Waals surface area contributed by atoms with Gasteiger partial charge in [-0.25, -0.2) is 4.79 Å². The highest BCUT2D eigenvalue weighted by Crippen LogP contribution is 2.36. The van der Waals surface area contributed by atoms with Crippen molar-refractivity contribution in [3.63, 3.8) is 0 Å². The normalized spacial score (nSPS) is 11.3. The standard InChI is InChI=1S/C34H31NO7S/c1-5-39-33(38)30-26(21-9-7-6-8-10-21)20-43-32(30)35-29(36)19-40-24-15-16-25-27(17-24)41-18-28(31(25)37)42-23-13-11-22(12-14-23)34(2,3)4/h6-18,20H,5,19H2,1-4H3,(H,35,36). The molecule has 0 saturated carbocycles. The zero-order valence-corrected chi connectivity index (χ0v) is 25.1. The number of carbonyl (C=O) groups is 2. The van der Waals surface area contributed by atoms with Gasteiger partial charge < -0.3 is 23.9 Å². The fourth-order valence-electron chi connectivity index (χ4n) is 4.40. The summed E-state index contributed by atoms with van der Waals surface area (Å²) in [5, 5.41) is 5.25. The van der Waals surface area contributed by atoms with Gasteiger partial charge in [-0.2, -0.15) is 0 Å². The first-order valence-corrected chi connectivity index (χ1v) is 14.6. The van der Waals surface area contributed by atoms with Gasteiger partial charge in [-0.1, -0.05) is 63.2 Å². The van der Waals surface area contributed by atoms with E-state index in [1.54, 1.807) is 19.1 Å². The molecule has 9 heteroatoms. The number of hydrogen-bond donors (Lipinski definition) is 1. The van der Waals surface area contributed by atoms with E-state index in [2.05, 4.69) is 26.1 Å². The maximum atomic E-state index is 13.1. The van der Waals surface area contributed by atoms with Gasteiger partial charge >= 0.3 is 5.97 Å². The molecule has 0 radical (unpaired) electrons. The molecule has 2 heterocycles. The SMILES string of the molecule is CCOC(=O)c1c(-c2ccccc2)csc1NC(=O)COc1ccc2c(=O)c(Oc3ccc(C(C)(C)C)cc3)coc2c1. The van der Waals surface area contributed by atoms with Crippen LogP contribution in [0.1, 0.15) is 43.6 Å². The van der Waals surface area contributed by atoms with Gasteiger partial charge in [0.25, 0.3) is 5.91 Å². The Morgan fingerprint density at radius 2 is 1.67 bits per heavy atom. The van der Waals surface area contributed by atoms with Crippen LogP contribution < -0.4 is 20.2 Å². The zero-order chi connectivity index (χ0) is 30.6. The van der Waals surface area contributed by atoms with Crippen molar-refractivity contribution in [3.05, 3.63) is 106 Å². The molecule has 0 unspecified atom stereocenters. The number of ether oxygens (including phenoxy) is 3. The van der Waals surface area contributed by atoms with Gasteiger partial charge in [0, 0.05) is 17.0 Å². The third kappa shape index (κ3) is 6.79. The van der Waals surface area contributed by atoms with Crippen molar-refractivity contribution in [2.45, 2.75) is 33.1 Å². The summed E-state index contributed by atoms with van der Waals surface area (Å²) >= 11 is 1.23. The van der Waals surface area contributed by atoms with Crippen molar-refractivity contribution in [3.8, 4) is 28.4 Å². The number of benzene rings is 3. The summed E-state index contributed by atoms with van der Waals surface area (Å²) in [7, 11) is 0. The molecule has 0 atom stereocenters. The molecule has 3 aromatic carbocycles. The zero-order valence-electron chi connectivity index (χ0n) is 24.3. The van der Waals surface area contributed by atoms with Gasteiger partial charge in [-0.3, -0.25) is 9.59 Å². The molecule has 5 aromatic rings. The van der Waals surface area contributed by atoms with Crippen LogP contribution in [-0.2, 0) is 14.9 Å². The lowest BCUT2D eigenvalue weighted by molar-refractivity contribution is -0.118. The molecule has 0 aliphatic heterocycles. The summed E-state index contributed by atoms with van der Waals surface area (Å²) in [6.07, 6.45) is 1.26. The van der Waals surface area contributed by atoms with Crippen LogP contribution in [0.5, 0.6) is 17.2 Å². The molecule has 0 aliphatic rings. The Hall–Kier alpha value is -4.89. The minimum absolute atomic E-state index is 0.00238. The smallest absolute Gasteiger partial charge is 0.341 e. The van der Waals surface area contributed by atoms with Crippen LogP contribution in [-0.4, -0.2) is 25.1 Å². The van der Waals surface area contributed by atoms with Crippen LogP contribution in [0.15, 0.2) is 93.7 Å². The fraction of sp³-hybridized carbons (Fsp3) is 0.206. The fourth-order valence-corrected chi connectivity index (χ4v) is 5.37. The molecule has 1 N–H and O–H groups in total. The highest BCUT2D eigenvalue weighted by molar-refractivity contribution is 7.15. The van der Waals surface area contributed by atoms with E-state index in [0.717, 1.165) is 11.1 Å². The molecular formula is C34H31NO7S. The summed E-state index contributed by atoms with van der Waals surface area (Å²) in [5.41, 5.74) is 2.92. The van der Waals surface area contributed by atoms with Gasteiger partial charge in [-0.15, -0.1) is 11.3 Å². The van der Waals surface area contributed by atoms with E-state index in [4.69, 9.17) is 18.6 Å². The van der Waals surface area contributed by atoms with E-state index >= 15 is 0 Å². The minimum Gasteiger partial charge on any atom is -0.484 e. The number of fused-ring (bicyclic) bond motifs is 1. The van der Waals surface area contributed by atoms with Crippen LogP contribution in [0, 0.1) is 0 Å². The third-order valence-corrected chi connectivity index (χ3v) is 7.54. The Bertz CT molecular complexity index is 1820. The van der Waals surface area contributed by atoms with E-state index in [1.807, 2.05) is 60.0 Å². The summed E-state index contributed by atoms with van der Waals surface area (Å²) in [6, 6.07) is 21.7. The maximum absolute atomic E-state index is 13.1. The quantitative estimate of drug-likeness (QED) is 0.173. The number of esters is 1. The second kappa shape index (κ2) is 12.5. The number of carbonyl (C=O) groups excluding carboxylic acids is 2. The molecule has 1 amide bonds. The minimum atomic E-state index is -0.520. The second-order valence-corrected chi connectivity index (χ2v) is 11.6. The molecule has 0 spiro atoms. The molecule has 5 rings (SSSR count). The van der Waals surface area contributed by atoms with Crippen molar-refractivity contribution < 1.29 is 28.2 Å². The molecule has 0 aliphatic carbocycles. The number of rotatable bonds is 9. The molecule has 0 bridgehead atoms. The first-order chi connectivity index (χ1) is 20.6. The van der Waals surface area contributed by atoms with Crippen LogP contribution >= 0.6 is 11.3 Å². The highest BCUT2D eigenvalue weighted by atomic mass is 32.1. The van der Waals surface area contributed by atoms with E-state index in [0.29, 0.717) is 33.0 Å². The topological polar surface area (TPSA) is 104 Å². The molecule has 220 valence electrons. The van der Waals surface area contributed by atoms with E-state index < -0.39 is 11.9 Å². The number of thiophene rings is 1. The molecular weight excluding hydrogens is 566 g/mol. The number of anilines is 1. The van der Waals surface area contributed by atoms with Crippen LogP contribution in [0.3, 0.4) is 0 Å². The Labute approximate surface area is 252 Å². The van der Waals surface area contributed by atoms with Gasteiger partial charge in [-0.05, 0) is 47.7 Å². The second-order valence-electron chi connectivity index (χ2n) is 10.7. The Morgan fingerprint density at radius 1 is 0.953 bits per heavy atom. The molecule has 0 fully saturated rings. The first-order valence-electron chi connectivity index (χ1n) is 13.7. The van der Waals surface area contributed by atoms with Crippen molar-refractivity contribution >= 4 is 39.2 Å². The maximum Gasteiger partial charge on any atom is 0.341 e. The predicted molar refractivity (Wildman–Crippen MR) is 168 cm³/mol. The monoisotopic (exact) mass is 597 g/mol. The number of amides is 1. The predicted octanol–water partition coefficient (Wildman–Crippen LogP) is 7.81. The summed E-state index contributed by atoms with van der Waals surface area (Å²) in [4.78, 5) is 38.6. The van der Waals surface area contributed by atoms with E-state index in [-0.39, 0.29) is 35.4 Å². The van der Waals surface area contributed by atoms with Crippen molar-refractivity contribution in [1.29, 1.82) is 0 Å². The lowest BCUT2D eigenvalue weighted by Gasteiger charge is -2.19. The third-order valence-electron chi connectivity index (χ3n) is 6.64. The van der Waals surface area contributed by atoms with Gasteiger partial charge in [0.1, 0.15) is 33.9 Å². The summed E-state index contributed by atoms with van der Waals surface area (Å²) < 4.78 is 22.4. The Morgan fingerprint density at radius 3 is 2.37 bits per heavy atom. The van der Waals surface area contributed by atoms with Crippen molar-refractivity contribution in [1.82, 2.24) is 0 Å². The Balaban J connectivity index is 1.27. The van der Waals surface area contributed by atoms with Gasteiger partial charge in [0.05, 0.1) is 12.0 Å². The number of nitrogens with one attached hydrogen (secondary N) is 1. The van der Waals surface area contributed by atoms with Crippen molar-refractivity contribution in [2.24, 2.45) is 0 Å². The van der Waals surface area contributed by atoms with E-state index in [1.165, 1.54) is 23.7 Å². The first kappa shape index (κ1) is 29.6. The molecule has 0 saturated heterocycles. The van der Waals surface area contributed by atoms with Crippen LogP contribution in [0.25, 0.3) is 22.1 Å². The summed E-state index contributed by atoms with van der Waals surface area (Å²) in [6.45, 7) is 7.97. The average molecular weight is 598 g/mol. The molecule has 8 nitrogen and oxygen atoms in total. The van der Waals surface area contributed by atoms with Gasteiger partial charge in [0.2, 0.25) is 11.2 Å². The van der Waals surface area contributed by atoms with Gasteiger partial charge in [0.15, 0.2) is 6.61 Å². The van der Waals surface area contributed by atoms with Crippen LogP contribution in [0.2, 0.25) is 0 Å². The number of hydrogen-bond acceptors (Lipinski definition) is 8. The Kier molecular flexibility index (Phi) is 8.63. The largest absolute Gasteiger partial charge is 0.484 e. The lowest BCUT2D eigenvalue weighted by Crippen LogP contribution is -2.21. The lowest BCUT2D eigenvalue weighted by atomic mass is 9.87. The summed E-state index contributed by atoms with van der Waals surface area (Å²) in [5.74, 6) is -0.0620. The molecule has 43 heavy (non-hydrogen) atoms. The highest BCUT2D eigenvalue weighted by Gasteiger charge is 2.23. The molecule has 2 aromatic heterocycles. The average Bonchev–Trinajstić information content (AvgIpc) is 3.41. The van der Waals surface area contributed by atoms with E-state index in [9.17, 15) is 14.4 Å².